The van der Waals surface area contributed by atoms with E-state index in [1.807, 2.05) is 0 Å². The number of likely N-dealkylation sites (N-methyl/N-ethyl adjacent to an activating group) is 1. The van der Waals surface area contributed by atoms with E-state index in [4.69, 9.17) is 4.99 Å². The van der Waals surface area contributed by atoms with Crippen LogP contribution in [0.15, 0.2) is 23.2 Å². The van der Waals surface area contributed by atoms with Gasteiger partial charge in [-0.3, -0.25) is 9.89 Å². The Labute approximate surface area is 177 Å². The molecule has 1 aromatic carbocycles. The van der Waals surface area contributed by atoms with Crippen molar-refractivity contribution in [3.8, 4) is 0 Å². The smallest absolute Gasteiger partial charge is 0.194 e. The number of hydrogen-bond donors (Lipinski definition) is 1. The Bertz CT molecular complexity index is 672. The number of rotatable bonds is 5. The van der Waals surface area contributed by atoms with Crippen LogP contribution in [0.4, 0.5) is 5.69 Å². The molecule has 1 N–H and O–H groups in total. The zero-order chi connectivity index (χ0) is 20.8. The molecule has 2 fully saturated rings. The van der Waals surface area contributed by atoms with Crippen molar-refractivity contribution < 1.29 is 0 Å². The van der Waals surface area contributed by atoms with Crippen LogP contribution in [0.1, 0.15) is 25.0 Å². The summed E-state index contributed by atoms with van der Waals surface area (Å²) in [6.07, 6.45) is 0. The van der Waals surface area contributed by atoms with Crippen molar-refractivity contribution in [2.45, 2.75) is 33.7 Å². The van der Waals surface area contributed by atoms with Gasteiger partial charge >= 0.3 is 0 Å². The van der Waals surface area contributed by atoms with Gasteiger partial charge in [-0.05, 0) is 51.9 Å². The summed E-state index contributed by atoms with van der Waals surface area (Å²) in [5.74, 6) is 1.08. The molecule has 0 radical (unpaired) electrons. The molecule has 1 unspecified atom stereocenters. The quantitative estimate of drug-likeness (QED) is 0.605. The van der Waals surface area contributed by atoms with Crippen molar-refractivity contribution >= 4 is 11.6 Å². The zero-order valence-corrected chi connectivity index (χ0v) is 19.1. The molecule has 6 heteroatoms. The second-order valence-electron chi connectivity index (χ2n) is 8.58. The predicted octanol–water partition coefficient (Wildman–Crippen LogP) is 2.03. The molecule has 1 atom stereocenters. The van der Waals surface area contributed by atoms with Gasteiger partial charge in [0.2, 0.25) is 0 Å². The average molecular weight is 401 g/mol. The Hall–Kier alpha value is -1.79. The summed E-state index contributed by atoms with van der Waals surface area (Å²) < 4.78 is 0. The molecule has 0 saturated carbocycles. The van der Waals surface area contributed by atoms with Gasteiger partial charge in [-0.25, -0.2) is 0 Å². The van der Waals surface area contributed by atoms with E-state index in [0.717, 1.165) is 71.4 Å². The number of piperazine rings is 2. The molecule has 1 aromatic rings. The standard InChI is InChI=1S/C23H40N6/c1-6-24-23(25-18-20(3)27-12-10-26(5)11-13-27)29-16-14-28(15-17-29)22-9-7-8-19(2)21(22)4/h7-9,20H,6,10-18H2,1-5H3,(H,24,25). The predicted molar refractivity (Wildman–Crippen MR) is 124 cm³/mol. The van der Waals surface area contributed by atoms with E-state index in [-0.39, 0.29) is 0 Å². The van der Waals surface area contributed by atoms with E-state index < -0.39 is 0 Å². The van der Waals surface area contributed by atoms with Gasteiger partial charge in [0, 0.05) is 70.6 Å². The van der Waals surface area contributed by atoms with Gasteiger partial charge in [-0.2, -0.15) is 0 Å². The molecule has 2 saturated heterocycles. The highest BCUT2D eigenvalue weighted by Gasteiger charge is 2.22. The summed E-state index contributed by atoms with van der Waals surface area (Å²) in [6, 6.07) is 7.13. The highest BCUT2D eigenvalue weighted by molar-refractivity contribution is 5.80. The summed E-state index contributed by atoms with van der Waals surface area (Å²) in [4.78, 5) is 15.0. The molecule has 3 rings (SSSR count). The molecule has 0 spiro atoms. The number of nitrogens with one attached hydrogen (secondary N) is 1. The van der Waals surface area contributed by atoms with Gasteiger partial charge in [0.05, 0.1) is 6.54 Å². The highest BCUT2D eigenvalue weighted by atomic mass is 15.4. The van der Waals surface area contributed by atoms with E-state index in [1.165, 1.54) is 16.8 Å². The average Bonchev–Trinajstić information content (AvgIpc) is 2.73. The Kier molecular flexibility index (Phi) is 7.78. The number of aliphatic imine (C=N–C) groups is 1. The highest BCUT2D eigenvalue weighted by Crippen LogP contribution is 2.23. The van der Waals surface area contributed by atoms with Crippen molar-refractivity contribution in [3.05, 3.63) is 29.3 Å². The molecular weight excluding hydrogens is 360 g/mol. The van der Waals surface area contributed by atoms with Crippen molar-refractivity contribution in [2.75, 3.05) is 77.4 Å². The van der Waals surface area contributed by atoms with Crippen molar-refractivity contribution in [1.29, 1.82) is 0 Å². The third-order valence-electron chi connectivity index (χ3n) is 6.50. The Morgan fingerprint density at radius 2 is 1.72 bits per heavy atom. The van der Waals surface area contributed by atoms with E-state index in [2.05, 4.69) is 77.9 Å². The number of nitrogens with zero attached hydrogens (tertiary/aromatic N) is 5. The first kappa shape index (κ1) is 21.9. The van der Waals surface area contributed by atoms with Gasteiger partial charge in [0.1, 0.15) is 0 Å². The first-order valence-electron chi connectivity index (χ1n) is 11.3. The Balaban J connectivity index is 1.57. The summed E-state index contributed by atoms with van der Waals surface area (Å²) in [6.45, 7) is 19.4. The molecule has 29 heavy (non-hydrogen) atoms. The molecule has 6 nitrogen and oxygen atoms in total. The molecule has 162 valence electrons. The van der Waals surface area contributed by atoms with Crippen molar-refractivity contribution in [2.24, 2.45) is 4.99 Å². The summed E-state index contributed by atoms with van der Waals surface area (Å²) in [5, 5.41) is 3.52. The van der Waals surface area contributed by atoms with Crippen LogP contribution < -0.4 is 10.2 Å². The zero-order valence-electron chi connectivity index (χ0n) is 19.1. The largest absolute Gasteiger partial charge is 0.368 e. The fourth-order valence-corrected chi connectivity index (χ4v) is 4.26. The van der Waals surface area contributed by atoms with Crippen LogP contribution >= 0.6 is 0 Å². The van der Waals surface area contributed by atoms with Crippen molar-refractivity contribution in [3.63, 3.8) is 0 Å². The van der Waals surface area contributed by atoms with Crippen molar-refractivity contribution in [1.82, 2.24) is 20.0 Å². The third kappa shape index (κ3) is 5.64. The molecule has 2 aliphatic heterocycles. The number of guanidine groups is 1. The Morgan fingerprint density at radius 3 is 2.38 bits per heavy atom. The maximum atomic E-state index is 5.02. The van der Waals surface area contributed by atoms with Gasteiger partial charge in [-0.1, -0.05) is 12.1 Å². The maximum absolute atomic E-state index is 5.02. The van der Waals surface area contributed by atoms with Gasteiger partial charge < -0.3 is 20.0 Å². The molecule has 0 bridgehead atoms. The lowest BCUT2D eigenvalue weighted by molar-refractivity contribution is 0.122. The number of benzene rings is 1. The fraction of sp³-hybridized carbons (Fsp3) is 0.696. The Morgan fingerprint density at radius 1 is 1.03 bits per heavy atom. The van der Waals surface area contributed by atoms with E-state index in [1.54, 1.807) is 0 Å². The van der Waals surface area contributed by atoms with E-state index in [9.17, 15) is 0 Å². The molecule has 0 amide bonds. The fourth-order valence-electron chi connectivity index (χ4n) is 4.26. The van der Waals surface area contributed by atoms with E-state index in [0.29, 0.717) is 6.04 Å². The van der Waals surface area contributed by atoms with Gasteiger partial charge in [-0.15, -0.1) is 0 Å². The molecule has 2 aliphatic rings. The number of aryl methyl sites for hydroxylation is 1. The SMILES string of the molecule is CCNC(=NCC(C)N1CCN(C)CC1)N1CCN(c2cccc(C)c2C)CC1. The minimum Gasteiger partial charge on any atom is -0.368 e. The minimum atomic E-state index is 0.494. The van der Waals surface area contributed by atoms with Gasteiger partial charge in [0.25, 0.3) is 0 Å². The van der Waals surface area contributed by atoms with Crippen LogP contribution in [0.5, 0.6) is 0 Å². The minimum absolute atomic E-state index is 0.494. The second kappa shape index (κ2) is 10.3. The molecular formula is C23H40N6. The number of hydrogen-bond acceptors (Lipinski definition) is 4. The van der Waals surface area contributed by atoms with Crippen LogP contribution in [0.25, 0.3) is 0 Å². The first-order valence-corrected chi connectivity index (χ1v) is 11.3. The normalized spacial score (nSPS) is 20.8. The first-order chi connectivity index (χ1) is 14.0. The lowest BCUT2D eigenvalue weighted by Crippen LogP contribution is -2.53. The third-order valence-corrected chi connectivity index (χ3v) is 6.50. The van der Waals surface area contributed by atoms with Gasteiger partial charge in [0.15, 0.2) is 5.96 Å². The van der Waals surface area contributed by atoms with Crippen LogP contribution in [0.3, 0.4) is 0 Å². The summed E-state index contributed by atoms with van der Waals surface area (Å²) in [7, 11) is 2.21. The van der Waals surface area contributed by atoms with Crippen LogP contribution in [-0.4, -0.2) is 99.2 Å². The molecule has 0 aromatic heterocycles. The molecule has 2 heterocycles. The summed E-state index contributed by atoms with van der Waals surface area (Å²) >= 11 is 0. The van der Waals surface area contributed by atoms with Crippen LogP contribution in [0, 0.1) is 13.8 Å². The molecule has 0 aliphatic carbocycles. The monoisotopic (exact) mass is 400 g/mol. The van der Waals surface area contributed by atoms with Crippen LogP contribution in [-0.2, 0) is 0 Å². The van der Waals surface area contributed by atoms with E-state index >= 15 is 0 Å². The summed E-state index contributed by atoms with van der Waals surface area (Å²) in [5.41, 5.74) is 4.16. The lowest BCUT2D eigenvalue weighted by atomic mass is 10.1. The lowest BCUT2D eigenvalue weighted by Gasteiger charge is -2.39. The topological polar surface area (TPSA) is 37.4 Å². The van der Waals surface area contributed by atoms with Crippen LogP contribution in [0.2, 0.25) is 0 Å². The maximum Gasteiger partial charge on any atom is 0.194 e. The second-order valence-corrected chi connectivity index (χ2v) is 8.58. The number of anilines is 1.